The summed E-state index contributed by atoms with van der Waals surface area (Å²) in [6, 6.07) is 13.9. The molecule has 2 heterocycles. The van der Waals surface area contributed by atoms with Crippen LogP contribution in [0, 0.1) is 0 Å². The Morgan fingerprint density at radius 3 is 2.70 bits per heavy atom. The molecule has 0 aliphatic carbocycles. The first-order chi connectivity index (χ1) is 9.61. The molecule has 2 aromatic rings. The fraction of sp³-hybridized carbons (Fsp3) is 0.188. The van der Waals surface area contributed by atoms with Gasteiger partial charge in [-0.15, -0.1) is 0 Å². The molecule has 0 N–H and O–H groups in total. The summed E-state index contributed by atoms with van der Waals surface area (Å²) in [5, 5.41) is 0. The zero-order chi connectivity index (χ0) is 14.2. The van der Waals surface area contributed by atoms with Crippen molar-refractivity contribution in [2.24, 2.45) is 0 Å². The predicted octanol–water partition coefficient (Wildman–Crippen LogP) is 4.24. The summed E-state index contributed by atoms with van der Waals surface area (Å²) in [5.74, 6) is 0. The molecule has 1 aliphatic rings. The van der Waals surface area contributed by atoms with Crippen molar-refractivity contribution in [2.45, 2.75) is 17.8 Å². The number of fused-ring (bicyclic) bond motifs is 1. The number of allylic oxidation sites excluding steroid dienone is 1. The normalized spacial score (nSPS) is 21.7. The Morgan fingerprint density at radius 1 is 1.20 bits per heavy atom. The van der Waals surface area contributed by atoms with E-state index in [1.165, 1.54) is 5.56 Å². The molecule has 0 spiro atoms. The van der Waals surface area contributed by atoms with Gasteiger partial charge in [-0.3, -0.25) is 9.40 Å². The highest BCUT2D eigenvalue weighted by molar-refractivity contribution is 6.28. The van der Waals surface area contributed by atoms with Gasteiger partial charge >= 0.3 is 0 Å². The molecule has 4 heteroatoms. The Balaban J connectivity index is 2.07. The van der Waals surface area contributed by atoms with Crippen molar-refractivity contribution in [1.29, 1.82) is 0 Å². The quantitative estimate of drug-likeness (QED) is 0.468. The molecule has 1 atom stereocenters. The molecule has 0 amide bonds. The molecule has 20 heavy (non-hydrogen) atoms. The van der Waals surface area contributed by atoms with Crippen LogP contribution in [0.25, 0.3) is 0 Å². The number of rotatable bonds is 2. The second-order valence-electron chi connectivity index (χ2n) is 4.94. The standard InChI is InChI=1S/C16H14Cl2N2/c1-12-10-13-6-2-3-8-15(13)16(17,20(12)18)11-14-7-4-5-9-19-14/h2-9H,1,10-11H2. The first-order valence-corrected chi connectivity index (χ1v) is 7.14. The van der Waals surface area contributed by atoms with E-state index in [1.807, 2.05) is 36.4 Å². The third kappa shape index (κ3) is 2.19. The van der Waals surface area contributed by atoms with Gasteiger partial charge in [0, 0.05) is 42.2 Å². The van der Waals surface area contributed by atoms with Gasteiger partial charge in [0.15, 0.2) is 5.00 Å². The van der Waals surface area contributed by atoms with Crippen LogP contribution in [0.1, 0.15) is 16.8 Å². The lowest BCUT2D eigenvalue weighted by Gasteiger charge is -2.41. The molecule has 0 bridgehead atoms. The maximum atomic E-state index is 6.88. The van der Waals surface area contributed by atoms with Crippen LogP contribution in [0.3, 0.4) is 0 Å². The topological polar surface area (TPSA) is 16.1 Å². The van der Waals surface area contributed by atoms with Gasteiger partial charge in [0.2, 0.25) is 0 Å². The van der Waals surface area contributed by atoms with Crippen molar-refractivity contribution in [1.82, 2.24) is 9.40 Å². The van der Waals surface area contributed by atoms with Crippen molar-refractivity contribution in [2.75, 3.05) is 0 Å². The molecule has 0 fully saturated rings. The van der Waals surface area contributed by atoms with E-state index < -0.39 is 5.00 Å². The number of pyridine rings is 1. The highest BCUT2D eigenvalue weighted by Gasteiger charge is 2.42. The van der Waals surface area contributed by atoms with E-state index in [4.69, 9.17) is 23.4 Å². The third-order valence-electron chi connectivity index (χ3n) is 3.55. The van der Waals surface area contributed by atoms with E-state index in [1.54, 1.807) is 10.6 Å². The minimum atomic E-state index is -0.845. The number of aromatic nitrogens is 1. The Labute approximate surface area is 128 Å². The summed E-state index contributed by atoms with van der Waals surface area (Å²) in [5.41, 5.74) is 3.89. The Morgan fingerprint density at radius 2 is 1.95 bits per heavy atom. The van der Waals surface area contributed by atoms with Crippen molar-refractivity contribution in [3.05, 3.63) is 77.8 Å². The Bertz CT molecular complexity index is 642. The van der Waals surface area contributed by atoms with Crippen molar-refractivity contribution < 1.29 is 0 Å². The molecule has 0 saturated heterocycles. The number of hydrogen-bond acceptors (Lipinski definition) is 2. The summed E-state index contributed by atoms with van der Waals surface area (Å²) >= 11 is 13.3. The molecule has 2 nitrogen and oxygen atoms in total. The van der Waals surface area contributed by atoms with Crippen molar-refractivity contribution >= 4 is 23.4 Å². The van der Waals surface area contributed by atoms with Gasteiger partial charge < -0.3 is 0 Å². The summed E-state index contributed by atoms with van der Waals surface area (Å²) in [6.07, 6.45) is 3.00. The average Bonchev–Trinajstić information content (AvgIpc) is 2.46. The lowest BCUT2D eigenvalue weighted by atomic mass is 9.89. The van der Waals surface area contributed by atoms with E-state index in [-0.39, 0.29) is 0 Å². The molecule has 1 aromatic carbocycles. The minimum absolute atomic E-state index is 0.523. The lowest BCUT2D eigenvalue weighted by Crippen LogP contribution is -2.41. The van der Waals surface area contributed by atoms with Gasteiger partial charge in [-0.05, 0) is 23.3 Å². The van der Waals surface area contributed by atoms with E-state index in [2.05, 4.69) is 17.6 Å². The first kappa shape index (κ1) is 13.5. The summed E-state index contributed by atoms with van der Waals surface area (Å²) in [4.78, 5) is 3.51. The van der Waals surface area contributed by atoms with Crippen LogP contribution >= 0.6 is 23.4 Å². The van der Waals surface area contributed by atoms with E-state index >= 15 is 0 Å². The van der Waals surface area contributed by atoms with Crippen molar-refractivity contribution in [3.8, 4) is 0 Å². The molecule has 1 aliphatic heterocycles. The summed E-state index contributed by atoms with van der Waals surface area (Å²) in [7, 11) is 0. The largest absolute Gasteiger partial charge is 0.264 e. The second-order valence-corrected chi connectivity index (χ2v) is 5.90. The molecule has 1 aromatic heterocycles. The maximum absolute atomic E-state index is 6.88. The van der Waals surface area contributed by atoms with Gasteiger partial charge in [-0.2, -0.15) is 0 Å². The monoisotopic (exact) mass is 304 g/mol. The highest BCUT2D eigenvalue weighted by Crippen LogP contribution is 2.45. The van der Waals surface area contributed by atoms with Crippen LogP contribution in [-0.4, -0.2) is 9.40 Å². The van der Waals surface area contributed by atoms with E-state index in [0.29, 0.717) is 6.42 Å². The Kier molecular flexibility index (Phi) is 3.45. The van der Waals surface area contributed by atoms with Gasteiger partial charge in [-0.1, -0.05) is 48.5 Å². The SMILES string of the molecule is C=C1Cc2ccccc2C(Cl)(Cc2ccccn2)N1Cl. The second kappa shape index (κ2) is 5.12. The lowest BCUT2D eigenvalue weighted by molar-refractivity contribution is 0.327. The van der Waals surface area contributed by atoms with Crippen LogP contribution in [0.15, 0.2) is 60.9 Å². The van der Waals surface area contributed by atoms with Gasteiger partial charge in [-0.25, -0.2) is 0 Å². The number of nitrogens with zero attached hydrogens (tertiary/aromatic N) is 2. The highest BCUT2D eigenvalue weighted by atomic mass is 35.5. The number of benzene rings is 1. The first-order valence-electron chi connectivity index (χ1n) is 6.42. The van der Waals surface area contributed by atoms with E-state index in [0.717, 1.165) is 23.4 Å². The van der Waals surface area contributed by atoms with Crippen molar-refractivity contribution in [3.63, 3.8) is 0 Å². The molecule has 0 radical (unpaired) electrons. The summed E-state index contributed by atoms with van der Waals surface area (Å²) in [6.45, 7) is 4.02. The van der Waals surface area contributed by atoms with Crippen LogP contribution in [0.4, 0.5) is 0 Å². The maximum Gasteiger partial charge on any atom is 0.160 e. The van der Waals surface area contributed by atoms with Gasteiger partial charge in [0.25, 0.3) is 0 Å². The predicted molar refractivity (Wildman–Crippen MR) is 82.5 cm³/mol. The molecule has 3 rings (SSSR count). The zero-order valence-electron chi connectivity index (χ0n) is 10.9. The number of alkyl halides is 1. The fourth-order valence-electron chi connectivity index (χ4n) is 2.60. The van der Waals surface area contributed by atoms with Crippen LogP contribution in [-0.2, 0) is 17.8 Å². The molecule has 1 unspecified atom stereocenters. The molecular weight excluding hydrogens is 291 g/mol. The minimum Gasteiger partial charge on any atom is -0.264 e. The molecular formula is C16H14Cl2N2. The average molecular weight is 305 g/mol. The molecule has 0 saturated carbocycles. The zero-order valence-corrected chi connectivity index (χ0v) is 12.4. The van der Waals surface area contributed by atoms with Crippen LogP contribution in [0.5, 0.6) is 0 Å². The fourth-order valence-corrected chi connectivity index (χ4v) is 3.25. The van der Waals surface area contributed by atoms with Crippen LogP contribution in [0.2, 0.25) is 0 Å². The smallest absolute Gasteiger partial charge is 0.160 e. The third-order valence-corrected chi connectivity index (χ3v) is 4.68. The summed E-state index contributed by atoms with van der Waals surface area (Å²) < 4.78 is 1.55. The Hall–Kier alpha value is -1.51. The molecule has 102 valence electrons. The number of halogens is 2. The van der Waals surface area contributed by atoms with E-state index in [9.17, 15) is 0 Å². The van der Waals surface area contributed by atoms with Gasteiger partial charge in [0.1, 0.15) is 0 Å². The number of hydrogen-bond donors (Lipinski definition) is 0. The van der Waals surface area contributed by atoms with Crippen LogP contribution < -0.4 is 0 Å². The van der Waals surface area contributed by atoms with Gasteiger partial charge in [0.05, 0.1) is 0 Å².